The zero-order valence-corrected chi connectivity index (χ0v) is 17.1. The van der Waals surface area contributed by atoms with Crippen LogP contribution in [0.4, 0.5) is 13.2 Å². The van der Waals surface area contributed by atoms with E-state index in [1.165, 1.54) is 13.8 Å². The van der Waals surface area contributed by atoms with Crippen LogP contribution in [0.15, 0.2) is 64.4 Å². The van der Waals surface area contributed by atoms with Gasteiger partial charge in [0.1, 0.15) is 4.75 Å². The SMILES string of the molecule is CC(C)(C(=O)CCCSc1ccccc1)S(=O)(=O)c1cccc(C(F)(F)F)c1. The summed E-state index contributed by atoms with van der Waals surface area (Å²) in [7, 11) is -4.27. The monoisotopic (exact) mass is 430 g/mol. The van der Waals surface area contributed by atoms with Crippen molar-refractivity contribution in [2.24, 2.45) is 0 Å². The van der Waals surface area contributed by atoms with Gasteiger partial charge in [0.05, 0.1) is 10.5 Å². The Kier molecular flexibility index (Phi) is 6.98. The highest BCUT2D eigenvalue weighted by atomic mass is 32.2. The van der Waals surface area contributed by atoms with Gasteiger partial charge in [0.2, 0.25) is 0 Å². The molecule has 0 amide bonds. The lowest BCUT2D eigenvalue weighted by molar-refractivity contribution is -0.137. The highest BCUT2D eigenvalue weighted by Crippen LogP contribution is 2.34. The van der Waals surface area contributed by atoms with Crippen molar-refractivity contribution >= 4 is 27.4 Å². The van der Waals surface area contributed by atoms with E-state index in [0.717, 1.165) is 23.1 Å². The van der Waals surface area contributed by atoms with Crippen LogP contribution in [-0.2, 0) is 20.8 Å². The third-order valence-electron chi connectivity index (χ3n) is 4.38. The Morgan fingerprint density at radius 1 is 1.00 bits per heavy atom. The molecule has 0 spiro atoms. The number of ketones is 1. The molecule has 0 unspecified atom stereocenters. The molecule has 152 valence electrons. The van der Waals surface area contributed by atoms with Crippen LogP contribution in [0.5, 0.6) is 0 Å². The molecule has 0 atom stereocenters. The van der Waals surface area contributed by atoms with Crippen LogP contribution >= 0.6 is 11.8 Å². The highest BCUT2D eigenvalue weighted by molar-refractivity contribution is 7.99. The second-order valence-electron chi connectivity index (χ2n) is 6.73. The van der Waals surface area contributed by atoms with E-state index in [1.54, 1.807) is 11.8 Å². The van der Waals surface area contributed by atoms with Crippen LogP contribution in [0.25, 0.3) is 0 Å². The second kappa shape index (κ2) is 8.69. The number of hydrogen-bond acceptors (Lipinski definition) is 4. The van der Waals surface area contributed by atoms with Crippen LogP contribution in [0.2, 0.25) is 0 Å². The number of alkyl halides is 3. The molecule has 0 fully saturated rings. The maximum Gasteiger partial charge on any atom is 0.416 e. The quantitative estimate of drug-likeness (QED) is 0.416. The molecular formula is C20H21F3O3S2. The van der Waals surface area contributed by atoms with Crippen molar-refractivity contribution in [1.82, 2.24) is 0 Å². The molecule has 0 radical (unpaired) electrons. The molecule has 2 aromatic carbocycles. The normalized spacial score (nSPS) is 12.8. The van der Waals surface area contributed by atoms with Crippen molar-refractivity contribution in [2.75, 3.05) is 5.75 Å². The number of halogens is 3. The molecule has 2 rings (SSSR count). The summed E-state index contributed by atoms with van der Waals surface area (Å²) < 4.78 is 62.5. The first kappa shape index (κ1) is 22.5. The van der Waals surface area contributed by atoms with Gasteiger partial charge in [-0.25, -0.2) is 8.42 Å². The fourth-order valence-electron chi connectivity index (χ4n) is 2.52. The fourth-order valence-corrected chi connectivity index (χ4v) is 4.93. The van der Waals surface area contributed by atoms with E-state index in [9.17, 15) is 26.4 Å². The van der Waals surface area contributed by atoms with E-state index >= 15 is 0 Å². The van der Waals surface area contributed by atoms with Gasteiger partial charge in [0.25, 0.3) is 0 Å². The minimum Gasteiger partial charge on any atom is -0.298 e. The zero-order valence-electron chi connectivity index (χ0n) is 15.5. The van der Waals surface area contributed by atoms with Crippen LogP contribution in [0, 0.1) is 0 Å². The highest BCUT2D eigenvalue weighted by Gasteiger charge is 2.42. The minimum absolute atomic E-state index is 0.0328. The van der Waals surface area contributed by atoms with Crippen molar-refractivity contribution in [3.8, 4) is 0 Å². The average Bonchev–Trinajstić information content (AvgIpc) is 2.65. The maximum atomic E-state index is 12.9. The standard InChI is InChI=1S/C20H21F3O3S2/c1-19(2,18(24)12-7-13-27-16-9-4-3-5-10-16)28(25,26)17-11-6-8-15(14-17)20(21,22)23/h3-6,8-11,14H,7,12-13H2,1-2H3. The molecule has 0 N–H and O–H groups in total. The molecule has 0 heterocycles. The van der Waals surface area contributed by atoms with Gasteiger partial charge in [-0.05, 0) is 56.4 Å². The number of thioether (sulfide) groups is 1. The predicted molar refractivity (Wildman–Crippen MR) is 104 cm³/mol. The number of Topliss-reactive ketones (excluding diaryl/α,β-unsaturated/α-hetero) is 1. The topological polar surface area (TPSA) is 51.2 Å². The molecular weight excluding hydrogens is 409 g/mol. The lowest BCUT2D eigenvalue weighted by atomic mass is 10.0. The van der Waals surface area contributed by atoms with Gasteiger partial charge in [-0.1, -0.05) is 24.3 Å². The fraction of sp³-hybridized carbons (Fsp3) is 0.350. The Morgan fingerprint density at radius 2 is 1.64 bits per heavy atom. The number of sulfone groups is 1. The molecule has 0 saturated carbocycles. The zero-order chi connectivity index (χ0) is 21.0. The third-order valence-corrected chi connectivity index (χ3v) is 7.92. The van der Waals surface area contributed by atoms with Crippen LogP contribution in [0.1, 0.15) is 32.3 Å². The minimum atomic E-state index is -4.66. The van der Waals surface area contributed by atoms with Gasteiger partial charge in [-0.15, -0.1) is 11.8 Å². The Hall–Kier alpha value is -1.80. The first-order valence-electron chi connectivity index (χ1n) is 8.59. The summed E-state index contributed by atoms with van der Waals surface area (Å²) in [5.74, 6) is 0.119. The molecule has 0 aliphatic rings. The van der Waals surface area contributed by atoms with E-state index < -0.39 is 37.0 Å². The van der Waals surface area contributed by atoms with E-state index in [-0.39, 0.29) is 6.42 Å². The lowest BCUT2D eigenvalue weighted by Gasteiger charge is -2.24. The second-order valence-corrected chi connectivity index (χ2v) is 10.4. The molecule has 0 aromatic heterocycles. The Bertz CT molecular complexity index is 921. The van der Waals surface area contributed by atoms with E-state index in [1.807, 2.05) is 30.3 Å². The van der Waals surface area contributed by atoms with Crippen LogP contribution < -0.4 is 0 Å². The largest absolute Gasteiger partial charge is 0.416 e. The van der Waals surface area contributed by atoms with Gasteiger partial charge in [0.15, 0.2) is 15.6 Å². The van der Waals surface area contributed by atoms with Gasteiger partial charge in [0, 0.05) is 11.3 Å². The summed E-state index contributed by atoms with van der Waals surface area (Å²) in [6.45, 7) is 2.49. The predicted octanol–water partition coefficient (Wildman–Crippen LogP) is 5.40. The summed E-state index contributed by atoms with van der Waals surface area (Å²) in [5.41, 5.74) is -1.06. The summed E-state index contributed by atoms with van der Waals surface area (Å²) in [6, 6.07) is 13.1. The smallest absolute Gasteiger partial charge is 0.298 e. The van der Waals surface area contributed by atoms with Crippen LogP contribution in [0.3, 0.4) is 0 Å². The average molecular weight is 431 g/mol. The molecule has 0 bridgehead atoms. The Balaban J connectivity index is 2.08. The molecule has 0 aliphatic carbocycles. The van der Waals surface area contributed by atoms with Gasteiger partial charge in [-0.3, -0.25) is 4.79 Å². The number of rotatable bonds is 8. The summed E-state index contributed by atoms with van der Waals surface area (Å²) >= 11 is 1.55. The summed E-state index contributed by atoms with van der Waals surface area (Å²) in [4.78, 5) is 13.1. The molecule has 3 nitrogen and oxygen atoms in total. The van der Waals surface area contributed by atoms with E-state index in [0.29, 0.717) is 18.2 Å². The van der Waals surface area contributed by atoms with Gasteiger partial charge >= 0.3 is 6.18 Å². The van der Waals surface area contributed by atoms with E-state index in [4.69, 9.17) is 0 Å². The van der Waals surface area contributed by atoms with Crippen LogP contribution in [-0.4, -0.2) is 24.7 Å². The number of carbonyl (C=O) groups is 1. The molecule has 8 heteroatoms. The summed E-state index contributed by atoms with van der Waals surface area (Å²) in [5, 5.41) is 0. The molecule has 2 aromatic rings. The van der Waals surface area contributed by atoms with Gasteiger partial charge in [-0.2, -0.15) is 13.2 Å². The molecule has 28 heavy (non-hydrogen) atoms. The van der Waals surface area contributed by atoms with Gasteiger partial charge < -0.3 is 0 Å². The van der Waals surface area contributed by atoms with Crippen molar-refractivity contribution in [3.63, 3.8) is 0 Å². The number of carbonyl (C=O) groups excluding carboxylic acids is 1. The third kappa shape index (κ3) is 5.17. The molecule has 0 saturated heterocycles. The summed E-state index contributed by atoms with van der Waals surface area (Å²) in [6.07, 6.45) is -4.15. The van der Waals surface area contributed by atoms with Crippen molar-refractivity contribution in [1.29, 1.82) is 0 Å². The number of hydrogen-bond donors (Lipinski definition) is 0. The Morgan fingerprint density at radius 3 is 2.25 bits per heavy atom. The molecule has 0 aliphatic heterocycles. The van der Waals surface area contributed by atoms with Crippen molar-refractivity contribution in [3.05, 3.63) is 60.2 Å². The van der Waals surface area contributed by atoms with Crippen molar-refractivity contribution < 1.29 is 26.4 Å². The first-order valence-corrected chi connectivity index (χ1v) is 11.1. The first-order chi connectivity index (χ1) is 13.0. The number of benzene rings is 2. The maximum absolute atomic E-state index is 12.9. The Labute approximate surface area is 167 Å². The lowest BCUT2D eigenvalue weighted by Crippen LogP contribution is -2.40. The van der Waals surface area contributed by atoms with E-state index in [2.05, 4.69) is 0 Å². The van der Waals surface area contributed by atoms with Crippen molar-refractivity contribution in [2.45, 2.75) is 47.4 Å².